The Morgan fingerprint density at radius 3 is 2.78 bits per heavy atom. The van der Waals surface area contributed by atoms with E-state index in [0.29, 0.717) is 30.3 Å². The number of esters is 1. The van der Waals surface area contributed by atoms with Gasteiger partial charge in [0.05, 0.1) is 25.4 Å². The van der Waals surface area contributed by atoms with Crippen molar-refractivity contribution in [3.05, 3.63) is 0 Å². The van der Waals surface area contributed by atoms with E-state index in [9.17, 15) is 4.79 Å². The van der Waals surface area contributed by atoms with Crippen molar-refractivity contribution >= 4 is 5.97 Å². The summed E-state index contributed by atoms with van der Waals surface area (Å²) in [6, 6.07) is 0. The van der Waals surface area contributed by atoms with Crippen LogP contribution >= 0.6 is 0 Å². The van der Waals surface area contributed by atoms with Crippen molar-refractivity contribution in [2.45, 2.75) is 77.8 Å². The smallest absolute Gasteiger partial charge is 0.302 e. The highest BCUT2D eigenvalue weighted by atomic mass is 16.7. The first kappa shape index (κ1) is 18.4. The first-order valence-electron chi connectivity index (χ1n) is 11.0. The van der Waals surface area contributed by atoms with Gasteiger partial charge in [0.25, 0.3) is 0 Å². The lowest BCUT2D eigenvalue weighted by molar-refractivity contribution is -0.224. The molecular formula is C22H34O5. The van der Waals surface area contributed by atoms with Crippen LogP contribution in [-0.2, 0) is 23.7 Å². The summed E-state index contributed by atoms with van der Waals surface area (Å²) in [6.45, 7) is 8.55. The molecule has 5 rings (SSSR count). The first-order valence-corrected chi connectivity index (χ1v) is 11.0. The number of carbonyl (C=O) groups is 1. The first-order chi connectivity index (χ1) is 13.0. The number of carbonyl (C=O) groups excluding carboxylic acids is 1. The van der Waals surface area contributed by atoms with E-state index in [2.05, 4.69) is 13.8 Å². The van der Waals surface area contributed by atoms with E-state index in [-0.39, 0.29) is 35.3 Å². The predicted molar refractivity (Wildman–Crippen MR) is 98.9 cm³/mol. The Bertz CT molecular complexity index is 596. The second kappa shape index (κ2) is 6.43. The highest BCUT2D eigenvalue weighted by Crippen LogP contribution is 2.67. The molecule has 5 nitrogen and oxygen atoms in total. The molecule has 0 aromatic rings. The van der Waals surface area contributed by atoms with E-state index in [4.69, 9.17) is 18.9 Å². The summed E-state index contributed by atoms with van der Waals surface area (Å²) in [5.74, 6) is 1.89. The molecule has 0 spiro atoms. The van der Waals surface area contributed by atoms with Gasteiger partial charge in [-0.3, -0.25) is 4.79 Å². The maximum atomic E-state index is 11.7. The summed E-state index contributed by atoms with van der Waals surface area (Å²) in [5, 5.41) is 0. The van der Waals surface area contributed by atoms with Crippen LogP contribution in [0.3, 0.4) is 0 Å². The molecule has 9 atom stereocenters. The van der Waals surface area contributed by atoms with Gasteiger partial charge in [0.2, 0.25) is 0 Å². The maximum absolute atomic E-state index is 11.7. The van der Waals surface area contributed by atoms with Crippen molar-refractivity contribution in [3.8, 4) is 0 Å². The van der Waals surface area contributed by atoms with E-state index in [1.165, 1.54) is 26.2 Å². The van der Waals surface area contributed by atoms with Gasteiger partial charge in [0, 0.05) is 23.7 Å². The van der Waals surface area contributed by atoms with Crippen LogP contribution in [0, 0.1) is 34.5 Å². The molecule has 0 amide bonds. The van der Waals surface area contributed by atoms with Crippen LogP contribution in [0.25, 0.3) is 0 Å². The Balaban J connectivity index is 1.51. The van der Waals surface area contributed by atoms with Gasteiger partial charge in [-0.1, -0.05) is 20.3 Å². The molecule has 0 unspecified atom stereocenters. The zero-order valence-electron chi connectivity index (χ0n) is 16.9. The fourth-order valence-electron chi connectivity index (χ4n) is 7.56. The Morgan fingerprint density at radius 2 is 2.00 bits per heavy atom. The standard InChI is InChI=1S/C22H34O5/c1-13-9-19-22(12-26-14(2)23)16(11-25-19)5-4-6-17(22)21(13,3)18-10-15-7-8-24-20(15)27-18/h13,15-20H,4-12H2,1-3H3/t13-,15-,16-,17-,18+,19+,20+,21+,22+/m1/s1. The minimum absolute atomic E-state index is 0.000355. The fourth-order valence-corrected chi connectivity index (χ4v) is 7.56. The van der Waals surface area contributed by atoms with Gasteiger partial charge in [0.1, 0.15) is 6.61 Å². The van der Waals surface area contributed by atoms with Crippen molar-refractivity contribution in [1.29, 1.82) is 0 Å². The third kappa shape index (κ3) is 2.50. The second-order valence-corrected chi connectivity index (χ2v) is 10.0. The summed E-state index contributed by atoms with van der Waals surface area (Å²) >= 11 is 0. The van der Waals surface area contributed by atoms with Crippen LogP contribution in [0.4, 0.5) is 0 Å². The highest BCUT2D eigenvalue weighted by molar-refractivity contribution is 5.66. The molecule has 152 valence electrons. The number of hydrogen-bond donors (Lipinski definition) is 0. The Kier molecular flexibility index (Phi) is 4.38. The quantitative estimate of drug-likeness (QED) is 0.703. The van der Waals surface area contributed by atoms with E-state index in [1.807, 2.05) is 0 Å². The molecule has 5 heteroatoms. The van der Waals surface area contributed by atoms with E-state index in [0.717, 1.165) is 32.5 Å². The number of ether oxygens (including phenoxy) is 4. The molecule has 3 heterocycles. The SMILES string of the molecule is CC(=O)OC[C@]12[C@@H]3CCC[C@@H]1[C@@](C)([C@@H]1C[C@H]4CCO[C@H]4O1)[C@H](C)C[C@@H]2OC3. The molecule has 5 fully saturated rings. The second-order valence-electron chi connectivity index (χ2n) is 10.0. The monoisotopic (exact) mass is 378 g/mol. The van der Waals surface area contributed by atoms with Gasteiger partial charge in [0.15, 0.2) is 6.29 Å². The summed E-state index contributed by atoms with van der Waals surface area (Å²) in [5.41, 5.74) is 0.0455. The predicted octanol–water partition coefficient (Wildman–Crippen LogP) is 3.55. The van der Waals surface area contributed by atoms with Crippen LogP contribution in [0.5, 0.6) is 0 Å². The highest BCUT2D eigenvalue weighted by Gasteiger charge is 2.68. The molecule has 0 N–H and O–H groups in total. The molecule has 2 saturated carbocycles. The Labute approximate surface area is 162 Å². The van der Waals surface area contributed by atoms with Crippen LogP contribution < -0.4 is 0 Å². The minimum Gasteiger partial charge on any atom is -0.465 e. The summed E-state index contributed by atoms with van der Waals surface area (Å²) in [4.78, 5) is 11.7. The van der Waals surface area contributed by atoms with Gasteiger partial charge < -0.3 is 18.9 Å². The van der Waals surface area contributed by atoms with E-state index in [1.54, 1.807) is 0 Å². The average molecular weight is 379 g/mol. The molecule has 2 aliphatic carbocycles. The largest absolute Gasteiger partial charge is 0.465 e. The molecule has 3 aliphatic heterocycles. The Hall–Kier alpha value is -0.650. The van der Waals surface area contributed by atoms with Crippen LogP contribution in [-0.4, -0.2) is 44.3 Å². The summed E-state index contributed by atoms with van der Waals surface area (Å²) in [6.07, 6.45) is 7.36. The lowest BCUT2D eigenvalue weighted by Crippen LogP contribution is -2.63. The minimum atomic E-state index is -0.173. The van der Waals surface area contributed by atoms with Gasteiger partial charge in [-0.2, -0.15) is 0 Å². The third-order valence-corrected chi connectivity index (χ3v) is 9.12. The van der Waals surface area contributed by atoms with E-state index < -0.39 is 0 Å². The van der Waals surface area contributed by atoms with E-state index >= 15 is 0 Å². The van der Waals surface area contributed by atoms with Crippen LogP contribution in [0.1, 0.15) is 59.3 Å². The lowest BCUT2D eigenvalue weighted by Gasteiger charge is -2.62. The molecule has 5 aliphatic rings. The fraction of sp³-hybridized carbons (Fsp3) is 0.955. The zero-order valence-corrected chi connectivity index (χ0v) is 16.9. The molecule has 27 heavy (non-hydrogen) atoms. The summed E-state index contributed by atoms with van der Waals surface area (Å²) < 4.78 is 24.4. The van der Waals surface area contributed by atoms with Crippen LogP contribution in [0.15, 0.2) is 0 Å². The Morgan fingerprint density at radius 1 is 1.15 bits per heavy atom. The maximum Gasteiger partial charge on any atom is 0.302 e. The normalized spacial score (nSPS) is 53.8. The summed E-state index contributed by atoms with van der Waals surface area (Å²) in [7, 11) is 0. The molecule has 0 bridgehead atoms. The van der Waals surface area contributed by atoms with Gasteiger partial charge in [-0.15, -0.1) is 0 Å². The van der Waals surface area contributed by atoms with Crippen molar-refractivity contribution in [2.75, 3.05) is 19.8 Å². The third-order valence-electron chi connectivity index (χ3n) is 9.12. The van der Waals surface area contributed by atoms with Crippen molar-refractivity contribution in [1.82, 2.24) is 0 Å². The van der Waals surface area contributed by atoms with Crippen LogP contribution in [0.2, 0.25) is 0 Å². The van der Waals surface area contributed by atoms with Gasteiger partial charge in [-0.05, 0) is 49.9 Å². The molecule has 0 aromatic carbocycles. The molecule has 3 saturated heterocycles. The van der Waals surface area contributed by atoms with Crippen molar-refractivity contribution < 1.29 is 23.7 Å². The lowest BCUT2D eigenvalue weighted by atomic mass is 9.43. The molecule has 0 radical (unpaired) electrons. The van der Waals surface area contributed by atoms with Crippen molar-refractivity contribution in [2.24, 2.45) is 34.5 Å². The topological polar surface area (TPSA) is 54.0 Å². The number of fused-ring (bicyclic) bond motifs is 1. The number of hydrogen-bond acceptors (Lipinski definition) is 5. The van der Waals surface area contributed by atoms with Crippen molar-refractivity contribution in [3.63, 3.8) is 0 Å². The average Bonchev–Trinajstić information content (AvgIpc) is 3.32. The number of rotatable bonds is 3. The molecular weight excluding hydrogens is 344 g/mol. The van der Waals surface area contributed by atoms with Gasteiger partial charge in [-0.25, -0.2) is 0 Å². The molecule has 0 aromatic heterocycles. The van der Waals surface area contributed by atoms with Gasteiger partial charge >= 0.3 is 5.97 Å². The zero-order chi connectivity index (χ0) is 18.8.